The summed E-state index contributed by atoms with van der Waals surface area (Å²) < 4.78 is 1.40. The van der Waals surface area contributed by atoms with Gasteiger partial charge in [-0.3, -0.25) is 4.68 Å². The lowest BCUT2D eigenvalue weighted by molar-refractivity contribution is -0.131. The van der Waals surface area contributed by atoms with Crippen molar-refractivity contribution in [2.75, 3.05) is 5.84 Å². The predicted molar refractivity (Wildman–Crippen MR) is 120 cm³/mol. The molecule has 0 aliphatic rings. The van der Waals surface area contributed by atoms with Crippen LogP contribution in [-0.2, 0) is 4.79 Å². The maximum absolute atomic E-state index is 10.8. The molecule has 30 heavy (non-hydrogen) atoms. The quantitative estimate of drug-likeness (QED) is 0.255. The third kappa shape index (κ3) is 4.67. The zero-order valence-corrected chi connectivity index (χ0v) is 16.7. The van der Waals surface area contributed by atoms with E-state index >= 15 is 0 Å². The normalized spacial score (nSPS) is 12.8. The first kappa shape index (κ1) is 20.7. The highest BCUT2D eigenvalue weighted by atomic mass is 16.4. The lowest BCUT2D eigenvalue weighted by Gasteiger charge is -2.17. The topological polar surface area (TPSA) is 107 Å². The second-order valence-electron chi connectivity index (χ2n) is 6.68. The number of aromatic nitrogens is 1. The van der Waals surface area contributed by atoms with E-state index in [-0.39, 0.29) is 0 Å². The number of benzene rings is 2. The van der Waals surface area contributed by atoms with Crippen LogP contribution in [0.1, 0.15) is 35.6 Å². The fourth-order valence-electron chi connectivity index (χ4n) is 3.38. The molecular weight excluding hydrogens is 376 g/mol. The molecule has 0 radical (unpaired) electrons. The standard InChI is InChI=1S/C24H24N4O2/c1-2-21(18-6-4-3-5-7-18)24(20-13-14-22(27-25)28(26)16-20)19-11-8-17(9-12-19)10-15-23(29)30/h3-16H,2,25-26H2,1H3,(H,29,30)/b15-10+,24-21+,27-22-. The number of aliphatic carboxylic acids is 1. The Balaban J connectivity index is 2.21. The van der Waals surface area contributed by atoms with Gasteiger partial charge in [0, 0.05) is 17.8 Å². The van der Waals surface area contributed by atoms with Crippen molar-refractivity contribution in [1.82, 2.24) is 4.68 Å². The first-order chi connectivity index (χ1) is 14.5. The number of pyridine rings is 1. The van der Waals surface area contributed by atoms with Crippen molar-refractivity contribution >= 4 is 23.2 Å². The average Bonchev–Trinajstić information content (AvgIpc) is 2.77. The molecule has 0 saturated carbocycles. The summed E-state index contributed by atoms with van der Waals surface area (Å²) in [6, 6.07) is 21.7. The van der Waals surface area contributed by atoms with Crippen LogP contribution in [0, 0.1) is 0 Å². The van der Waals surface area contributed by atoms with Gasteiger partial charge in [-0.05, 0) is 52.5 Å². The summed E-state index contributed by atoms with van der Waals surface area (Å²) in [6.07, 6.45) is 5.31. The van der Waals surface area contributed by atoms with Gasteiger partial charge in [0.05, 0.1) is 0 Å². The minimum absolute atomic E-state index is 0.463. The van der Waals surface area contributed by atoms with Crippen molar-refractivity contribution in [2.45, 2.75) is 13.3 Å². The summed E-state index contributed by atoms with van der Waals surface area (Å²) in [5.41, 5.74) is 6.54. The SMILES string of the molecule is CC/C(=C(/c1ccc(/C=C/C(=O)O)cc1)c1cc/c(=N/N)n(N)c1)c1ccccc1. The number of allylic oxidation sites excluding steroid dienone is 1. The Morgan fingerprint density at radius 3 is 2.23 bits per heavy atom. The number of carboxylic acid groups (broad SMARTS) is 1. The molecule has 1 aromatic heterocycles. The van der Waals surface area contributed by atoms with Gasteiger partial charge in [-0.2, -0.15) is 5.10 Å². The van der Waals surface area contributed by atoms with Crippen molar-refractivity contribution in [3.63, 3.8) is 0 Å². The molecule has 152 valence electrons. The van der Waals surface area contributed by atoms with Crippen LogP contribution in [0.15, 0.2) is 84.1 Å². The van der Waals surface area contributed by atoms with Gasteiger partial charge in [0.1, 0.15) is 0 Å². The maximum atomic E-state index is 10.8. The third-order valence-corrected chi connectivity index (χ3v) is 4.77. The van der Waals surface area contributed by atoms with E-state index in [9.17, 15) is 4.79 Å². The molecular formula is C24H24N4O2. The monoisotopic (exact) mass is 400 g/mol. The summed E-state index contributed by atoms with van der Waals surface area (Å²) in [6.45, 7) is 2.12. The Morgan fingerprint density at radius 1 is 1.00 bits per heavy atom. The van der Waals surface area contributed by atoms with Crippen LogP contribution in [0.5, 0.6) is 0 Å². The number of nitrogens with two attached hydrogens (primary N) is 2. The molecule has 2 aromatic carbocycles. The molecule has 0 atom stereocenters. The lowest BCUT2D eigenvalue weighted by Crippen LogP contribution is -2.28. The molecule has 3 aromatic rings. The molecule has 1 heterocycles. The average molecular weight is 400 g/mol. The van der Waals surface area contributed by atoms with Gasteiger partial charge < -0.3 is 16.8 Å². The van der Waals surface area contributed by atoms with E-state index < -0.39 is 5.97 Å². The third-order valence-electron chi connectivity index (χ3n) is 4.77. The van der Waals surface area contributed by atoms with Crippen molar-refractivity contribution in [3.8, 4) is 0 Å². The van der Waals surface area contributed by atoms with Crippen molar-refractivity contribution in [1.29, 1.82) is 0 Å². The van der Waals surface area contributed by atoms with E-state index in [4.69, 9.17) is 16.8 Å². The van der Waals surface area contributed by atoms with Crippen LogP contribution in [-0.4, -0.2) is 15.8 Å². The Hall–Kier alpha value is -4.06. The van der Waals surface area contributed by atoms with Gasteiger partial charge >= 0.3 is 5.97 Å². The fourth-order valence-corrected chi connectivity index (χ4v) is 3.38. The number of hydrogen-bond acceptors (Lipinski definition) is 4. The minimum atomic E-state index is -0.977. The van der Waals surface area contributed by atoms with Crippen LogP contribution in [0.4, 0.5) is 0 Å². The van der Waals surface area contributed by atoms with Crippen LogP contribution in [0.3, 0.4) is 0 Å². The van der Waals surface area contributed by atoms with Gasteiger partial charge in [-0.25, -0.2) is 4.79 Å². The number of nitrogen functional groups attached to an aromatic ring is 1. The van der Waals surface area contributed by atoms with E-state index in [1.54, 1.807) is 18.3 Å². The lowest BCUT2D eigenvalue weighted by atomic mass is 9.88. The molecule has 6 heteroatoms. The second-order valence-corrected chi connectivity index (χ2v) is 6.68. The van der Waals surface area contributed by atoms with E-state index in [2.05, 4.69) is 24.2 Å². The van der Waals surface area contributed by atoms with Gasteiger partial charge in [-0.1, -0.05) is 61.5 Å². The maximum Gasteiger partial charge on any atom is 0.328 e. The van der Waals surface area contributed by atoms with Crippen LogP contribution < -0.4 is 17.2 Å². The summed E-state index contributed by atoms with van der Waals surface area (Å²) in [5, 5.41) is 12.5. The van der Waals surface area contributed by atoms with E-state index in [0.29, 0.717) is 5.49 Å². The Morgan fingerprint density at radius 2 is 1.67 bits per heavy atom. The van der Waals surface area contributed by atoms with Crippen LogP contribution in [0.25, 0.3) is 17.2 Å². The highest BCUT2D eigenvalue weighted by Crippen LogP contribution is 2.34. The van der Waals surface area contributed by atoms with Crippen LogP contribution in [0.2, 0.25) is 0 Å². The Kier molecular flexibility index (Phi) is 6.49. The summed E-state index contributed by atoms with van der Waals surface area (Å²) >= 11 is 0. The first-order valence-corrected chi connectivity index (χ1v) is 9.55. The first-order valence-electron chi connectivity index (χ1n) is 9.55. The largest absolute Gasteiger partial charge is 0.478 e. The molecule has 6 nitrogen and oxygen atoms in total. The molecule has 0 aliphatic carbocycles. The molecule has 0 amide bonds. The molecule has 0 aliphatic heterocycles. The summed E-state index contributed by atoms with van der Waals surface area (Å²) in [5.74, 6) is 10.5. The van der Waals surface area contributed by atoms with Crippen LogP contribution >= 0.6 is 0 Å². The van der Waals surface area contributed by atoms with E-state index in [1.165, 1.54) is 10.2 Å². The minimum Gasteiger partial charge on any atom is -0.478 e. The molecule has 0 unspecified atom stereocenters. The summed E-state index contributed by atoms with van der Waals surface area (Å²) in [4.78, 5) is 10.8. The Bertz CT molecular complexity index is 1160. The summed E-state index contributed by atoms with van der Waals surface area (Å²) in [7, 11) is 0. The predicted octanol–water partition coefficient (Wildman–Crippen LogP) is 3.44. The smallest absolute Gasteiger partial charge is 0.328 e. The number of carbonyl (C=O) groups is 1. The molecule has 0 saturated heterocycles. The van der Waals surface area contributed by atoms with Crippen molar-refractivity contribution < 1.29 is 9.90 Å². The number of nitrogens with zero attached hydrogens (tertiary/aromatic N) is 2. The number of carboxylic acids is 1. The molecule has 0 fully saturated rings. The zero-order valence-electron chi connectivity index (χ0n) is 16.7. The fraction of sp³-hybridized carbons (Fsp3) is 0.0833. The number of hydrogen-bond donors (Lipinski definition) is 3. The Labute approximate surface area is 175 Å². The molecule has 3 rings (SSSR count). The highest BCUT2D eigenvalue weighted by Gasteiger charge is 2.13. The van der Waals surface area contributed by atoms with Gasteiger partial charge in [0.2, 0.25) is 0 Å². The number of rotatable bonds is 6. The van der Waals surface area contributed by atoms with E-state index in [0.717, 1.165) is 40.3 Å². The van der Waals surface area contributed by atoms with Gasteiger partial charge in [-0.15, -0.1) is 0 Å². The molecule has 0 spiro atoms. The molecule has 0 bridgehead atoms. The van der Waals surface area contributed by atoms with Gasteiger partial charge in [0.25, 0.3) is 0 Å². The van der Waals surface area contributed by atoms with Gasteiger partial charge in [0.15, 0.2) is 5.49 Å². The van der Waals surface area contributed by atoms with E-state index in [1.807, 2.05) is 48.5 Å². The second kappa shape index (κ2) is 9.43. The van der Waals surface area contributed by atoms with Crippen molar-refractivity contribution in [2.24, 2.45) is 10.9 Å². The van der Waals surface area contributed by atoms with Crippen molar-refractivity contribution in [3.05, 3.63) is 107 Å². The zero-order chi connectivity index (χ0) is 21.5. The molecule has 5 N–H and O–H groups in total. The highest BCUT2D eigenvalue weighted by molar-refractivity contribution is 5.98.